The highest BCUT2D eigenvalue weighted by Gasteiger charge is 2.34. The average molecular weight is 477 g/mol. The Morgan fingerprint density at radius 2 is 2.08 bits per heavy atom. The van der Waals surface area contributed by atoms with Crippen molar-refractivity contribution in [3.05, 3.63) is 16.1 Å². The number of amides is 1. The summed E-state index contributed by atoms with van der Waals surface area (Å²) in [5.74, 6) is 1.51. The number of likely N-dealkylation sites (tertiary alicyclic amines) is 1. The lowest BCUT2D eigenvalue weighted by molar-refractivity contribution is -0.133. The summed E-state index contributed by atoms with van der Waals surface area (Å²) in [5.41, 5.74) is 0. The first-order valence-corrected chi connectivity index (χ1v) is 9.70. The first-order valence-electron chi connectivity index (χ1n) is 8.89. The van der Waals surface area contributed by atoms with Gasteiger partial charge in [-0.15, -0.1) is 35.3 Å². The van der Waals surface area contributed by atoms with Gasteiger partial charge in [0.2, 0.25) is 5.91 Å². The maximum atomic E-state index is 12.1. The van der Waals surface area contributed by atoms with Crippen molar-refractivity contribution in [1.29, 1.82) is 0 Å². The summed E-state index contributed by atoms with van der Waals surface area (Å²) in [6.45, 7) is 4.56. The predicted octanol–water partition coefficient (Wildman–Crippen LogP) is 2.39. The standard InChI is InChI=1S/C17H27N5OS.HI/c1-3-14-10-19-15(24-14)11-20-17(18-2)21-13-6-8-22(9-7-13)16(23)12-4-5-12;/h10,12-13H,3-9,11H2,1-2H3,(H2,18,20,21);1H. The molecular weight excluding hydrogens is 449 g/mol. The molecule has 0 aromatic carbocycles. The van der Waals surface area contributed by atoms with Crippen molar-refractivity contribution >= 4 is 47.2 Å². The van der Waals surface area contributed by atoms with Crippen LogP contribution in [0, 0.1) is 5.92 Å². The molecule has 0 unspecified atom stereocenters. The van der Waals surface area contributed by atoms with E-state index >= 15 is 0 Å². The molecule has 6 nitrogen and oxygen atoms in total. The molecule has 3 rings (SSSR count). The Morgan fingerprint density at radius 3 is 2.64 bits per heavy atom. The molecule has 0 spiro atoms. The van der Waals surface area contributed by atoms with Crippen molar-refractivity contribution in [2.45, 2.75) is 51.6 Å². The van der Waals surface area contributed by atoms with Crippen LogP contribution in [0.1, 0.15) is 42.5 Å². The van der Waals surface area contributed by atoms with Crippen molar-refractivity contribution in [1.82, 2.24) is 20.5 Å². The third-order valence-corrected chi connectivity index (χ3v) is 5.80. The van der Waals surface area contributed by atoms with E-state index in [2.05, 4.69) is 27.5 Å². The second kappa shape index (κ2) is 9.70. The molecule has 1 aliphatic carbocycles. The fourth-order valence-electron chi connectivity index (χ4n) is 2.97. The Labute approximate surface area is 170 Å². The molecule has 1 aliphatic heterocycles. The zero-order chi connectivity index (χ0) is 16.9. The number of nitrogens with zero attached hydrogens (tertiary/aromatic N) is 3. The highest BCUT2D eigenvalue weighted by Crippen LogP contribution is 2.31. The third kappa shape index (κ3) is 5.80. The minimum Gasteiger partial charge on any atom is -0.354 e. The van der Waals surface area contributed by atoms with Gasteiger partial charge < -0.3 is 15.5 Å². The first-order chi connectivity index (χ1) is 11.7. The molecule has 0 bridgehead atoms. The van der Waals surface area contributed by atoms with E-state index < -0.39 is 0 Å². The lowest BCUT2D eigenvalue weighted by Gasteiger charge is -2.33. The van der Waals surface area contributed by atoms with Gasteiger partial charge in [0.15, 0.2) is 5.96 Å². The van der Waals surface area contributed by atoms with Crippen molar-refractivity contribution < 1.29 is 4.79 Å². The molecule has 2 heterocycles. The average Bonchev–Trinajstić information content (AvgIpc) is 3.37. The van der Waals surface area contributed by atoms with Gasteiger partial charge in [-0.05, 0) is 32.1 Å². The molecule has 2 N–H and O–H groups in total. The molecule has 1 amide bonds. The van der Waals surface area contributed by atoms with E-state index in [-0.39, 0.29) is 24.0 Å². The summed E-state index contributed by atoms with van der Waals surface area (Å²) in [6.07, 6.45) is 7.12. The number of carbonyl (C=O) groups is 1. The third-order valence-electron chi connectivity index (χ3n) is 4.65. The molecule has 1 saturated heterocycles. The zero-order valence-corrected chi connectivity index (χ0v) is 18.1. The molecule has 0 atom stereocenters. The number of nitrogens with one attached hydrogen (secondary N) is 2. The van der Waals surface area contributed by atoms with Crippen LogP contribution in [0.5, 0.6) is 0 Å². The Balaban J connectivity index is 0.00000225. The number of piperidine rings is 1. The quantitative estimate of drug-likeness (QED) is 0.388. The number of aromatic nitrogens is 1. The number of halogens is 1. The molecule has 140 valence electrons. The molecule has 2 fully saturated rings. The van der Waals surface area contributed by atoms with Gasteiger partial charge >= 0.3 is 0 Å². The largest absolute Gasteiger partial charge is 0.354 e. The van der Waals surface area contributed by atoms with Gasteiger partial charge in [-0.1, -0.05) is 6.92 Å². The second-order valence-corrected chi connectivity index (χ2v) is 7.72. The van der Waals surface area contributed by atoms with Crippen LogP contribution in [0.3, 0.4) is 0 Å². The Kier molecular flexibility index (Phi) is 7.92. The van der Waals surface area contributed by atoms with E-state index in [1.165, 1.54) is 4.88 Å². The summed E-state index contributed by atoms with van der Waals surface area (Å²) in [6, 6.07) is 0.377. The maximum Gasteiger partial charge on any atom is 0.225 e. The second-order valence-electron chi connectivity index (χ2n) is 6.52. The van der Waals surface area contributed by atoms with Crippen LogP contribution in [-0.2, 0) is 17.8 Å². The van der Waals surface area contributed by atoms with Crippen molar-refractivity contribution in [2.24, 2.45) is 10.9 Å². The van der Waals surface area contributed by atoms with Crippen molar-refractivity contribution in [2.75, 3.05) is 20.1 Å². The summed E-state index contributed by atoms with van der Waals surface area (Å²) < 4.78 is 0. The number of aliphatic imine (C=N–C) groups is 1. The van der Waals surface area contributed by atoms with Gasteiger partial charge in [0.05, 0.1) is 6.54 Å². The topological polar surface area (TPSA) is 69.6 Å². The van der Waals surface area contributed by atoms with Crippen LogP contribution in [0.15, 0.2) is 11.2 Å². The van der Waals surface area contributed by atoms with Crippen LogP contribution in [0.2, 0.25) is 0 Å². The molecule has 8 heteroatoms. The number of carbonyl (C=O) groups excluding carboxylic acids is 1. The fourth-order valence-corrected chi connectivity index (χ4v) is 3.78. The zero-order valence-electron chi connectivity index (χ0n) is 15.0. The normalized spacial score (nSPS) is 18.6. The maximum absolute atomic E-state index is 12.1. The fraction of sp³-hybridized carbons (Fsp3) is 0.706. The Bertz CT molecular complexity index is 594. The van der Waals surface area contributed by atoms with E-state index in [9.17, 15) is 4.79 Å². The molecule has 25 heavy (non-hydrogen) atoms. The SMILES string of the molecule is CCc1cnc(CNC(=NC)NC2CCN(C(=O)C3CC3)CC2)s1.I. The van der Waals surface area contributed by atoms with E-state index in [1.807, 2.05) is 11.1 Å². The van der Waals surface area contributed by atoms with Crippen LogP contribution in [0.25, 0.3) is 0 Å². The molecule has 1 aromatic rings. The lowest BCUT2D eigenvalue weighted by Crippen LogP contribution is -2.49. The number of thiazole rings is 1. The Morgan fingerprint density at radius 1 is 1.36 bits per heavy atom. The Hall–Kier alpha value is -0.900. The highest BCUT2D eigenvalue weighted by molar-refractivity contribution is 14.0. The molecular formula is C17H28IN5OS. The lowest BCUT2D eigenvalue weighted by atomic mass is 10.0. The number of aryl methyl sites for hydroxylation is 1. The van der Waals surface area contributed by atoms with Gasteiger partial charge in [-0.2, -0.15) is 0 Å². The first kappa shape index (κ1) is 20.4. The van der Waals surface area contributed by atoms with Crippen LogP contribution >= 0.6 is 35.3 Å². The monoisotopic (exact) mass is 477 g/mol. The van der Waals surface area contributed by atoms with Crippen LogP contribution < -0.4 is 10.6 Å². The van der Waals surface area contributed by atoms with Crippen LogP contribution in [0.4, 0.5) is 0 Å². The van der Waals surface area contributed by atoms with E-state index in [4.69, 9.17) is 0 Å². The van der Waals surface area contributed by atoms with Crippen molar-refractivity contribution in [3.63, 3.8) is 0 Å². The summed E-state index contributed by atoms with van der Waals surface area (Å²) in [5, 5.41) is 7.90. The minimum absolute atomic E-state index is 0. The van der Waals surface area contributed by atoms with Gasteiger partial charge in [0, 0.05) is 43.2 Å². The number of rotatable bonds is 5. The number of guanidine groups is 1. The van der Waals surface area contributed by atoms with Gasteiger partial charge in [-0.25, -0.2) is 4.98 Å². The molecule has 1 saturated carbocycles. The molecule has 1 aromatic heterocycles. The smallest absolute Gasteiger partial charge is 0.225 e. The van der Waals surface area contributed by atoms with E-state index in [0.29, 0.717) is 24.4 Å². The predicted molar refractivity (Wildman–Crippen MR) is 113 cm³/mol. The van der Waals surface area contributed by atoms with Crippen molar-refractivity contribution in [3.8, 4) is 0 Å². The molecule has 2 aliphatic rings. The highest BCUT2D eigenvalue weighted by atomic mass is 127. The minimum atomic E-state index is 0. The van der Waals surface area contributed by atoms with Crippen LogP contribution in [-0.4, -0.2) is 47.9 Å². The summed E-state index contributed by atoms with van der Waals surface area (Å²) in [4.78, 5) is 24.2. The number of hydrogen-bond donors (Lipinski definition) is 2. The van der Waals surface area contributed by atoms with Gasteiger partial charge in [-0.3, -0.25) is 9.79 Å². The summed E-state index contributed by atoms with van der Waals surface area (Å²) >= 11 is 1.74. The van der Waals surface area contributed by atoms with Gasteiger partial charge in [0.1, 0.15) is 5.01 Å². The molecule has 0 radical (unpaired) electrons. The van der Waals surface area contributed by atoms with E-state index in [1.54, 1.807) is 18.4 Å². The summed E-state index contributed by atoms with van der Waals surface area (Å²) in [7, 11) is 1.79. The number of hydrogen-bond acceptors (Lipinski definition) is 4. The van der Waals surface area contributed by atoms with Gasteiger partial charge in [0.25, 0.3) is 0 Å². The van der Waals surface area contributed by atoms with E-state index in [0.717, 1.165) is 56.2 Å².